The molecule has 0 unspecified atom stereocenters. The molecule has 1 aliphatic heterocycles. The third-order valence-electron chi connectivity index (χ3n) is 5.74. The van der Waals surface area contributed by atoms with E-state index < -0.39 is 0 Å². The molecule has 0 radical (unpaired) electrons. The van der Waals surface area contributed by atoms with E-state index in [4.69, 9.17) is 9.47 Å². The van der Waals surface area contributed by atoms with Crippen LogP contribution in [-0.2, 0) is 16.0 Å². The molecule has 168 valence electrons. The molecule has 0 bridgehead atoms. The second-order valence-electron chi connectivity index (χ2n) is 8.38. The van der Waals surface area contributed by atoms with E-state index in [1.54, 1.807) is 13.3 Å². The number of rotatable bonds is 11. The second-order valence-corrected chi connectivity index (χ2v) is 8.38. The highest BCUT2D eigenvalue weighted by Gasteiger charge is 2.31. The van der Waals surface area contributed by atoms with Gasteiger partial charge in [0, 0.05) is 51.5 Å². The normalized spacial score (nSPS) is 19.2. The molecular weight excluding hydrogens is 390 g/mol. The molecule has 0 saturated carbocycles. The molecule has 6 heteroatoms. The van der Waals surface area contributed by atoms with E-state index in [-0.39, 0.29) is 11.8 Å². The number of ether oxygens (including phenoxy) is 2. The number of aromatic nitrogens is 1. The minimum Gasteiger partial charge on any atom is -0.492 e. The van der Waals surface area contributed by atoms with Crippen molar-refractivity contribution in [3.8, 4) is 5.75 Å². The standard InChI is InChI=1S/C25H35N3O3/c1-20-9-10-24(16-27-20)31-19-22-15-23(25(29)26-12-6-14-30-2)18-28(17-22)13-11-21-7-4-3-5-8-21/h3-5,7-10,16,22-23H,6,11-15,17-19H2,1-2H3,(H,26,29)/t22-,23+/m0/s1. The summed E-state index contributed by atoms with van der Waals surface area (Å²) in [5.41, 5.74) is 2.30. The van der Waals surface area contributed by atoms with Gasteiger partial charge in [-0.05, 0) is 43.9 Å². The van der Waals surface area contributed by atoms with E-state index in [1.807, 2.05) is 25.1 Å². The van der Waals surface area contributed by atoms with E-state index in [0.29, 0.717) is 25.7 Å². The van der Waals surface area contributed by atoms with Crippen molar-refractivity contribution in [2.75, 3.05) is 46.5 Å². The van der Waals surface area contributed by atoms with Crippen LogP contribution < -0.4 is 10.1 Å². The Balaban J connectivity index is 1.57. The van der Waals surface area contributed by atoms with Gasteiger partial charge in [-0.1, -0.05) is 30.3 Å². The lowest BCUT2D eigenvalue weighted by Crippen LogP contribution is -2.48. The zero-order valence-corrected chi connectivity index (χ0v) is 18.8. The van der Waals surface area contributed by atoms with E-state index in [1.165, 1.54) is 5.56 Å². The van der Waals surface area contributed by atoms with Gasteiger partial charge in [-0.3, -0.25) is 9.78 Å². The number of carbonyl (C=O) groups excluding carboxylic acids is 1. The number of amides is 1. The third kappa shape index (κ3) is 7.96. The quantitative estimate of drug-likeness (QED) is 0.561. The van der Waals surface area contributed by atoms with Gasteiger partial charge in [0.05, 0.1) is 18.7 Å². The highest BCUT2D eigenvalue weighted by molar-refractivity contribution is 5.79. The van der Waals surface area contributed by atoms with Crippen LogP contribution >= 0.6 is 0 Å². The number of hydrogen-bond acceptors (Lipinski definition) is 5. The van der Waals surface area contributed by atoms with Crippen molar-refractivity contribution in [1.29, 1.82) is 0 Å². The van der Waals surface area contributed by atoms with Crippen molar-refractivity contribution in [2.45, 2.75) is 26.2 Å². The Morgan fingerprint density at radius 3 is 2.77 bits per heavy atom. The van der Waals surface area contributed by atoms with Gasteiger partial charge in [0.1, 0.15) is 5.75 Å². The summed E-state index contributed by atoms with van der Waals surface area (Å²) in [4.78, 5) is 19.5. The average Bonchev–Trinajstić information content (AvgIpc) is 2.80. The van der Waals surface area contributed by atoms with Crippen LogP contribution in [0.25, 0.3) is 0 Å². The number of carbonyl (C=O) groups is 1. The molecule has 0 aliphatic carbocycles. The fourth-order valence-electron chi connectivity index (χ4n) is 4.05. The summed E-state index contributed by atoms with van der Waals surface area (Å²) in [5, 5.41) is 3.09. The molecule has 2 atom stereocenters. The maximum Gasteiger partial charge on any atom is 0.224 e. The van der Waals surface area contributed by atoms with Crippen molar-refractivity contribution in [3.63, 3.8) is 0 Å². The maximum atomic E-state index is 12.8. The van der Waals surface area contributed by atoms with Crippen LogP contribution in [0.15, 0.2) is 48.7 Å². The molecule has 1 N–H and O–H groups in total. The van der Waals surface area contributed by atoms with Crippen molar-refractivity contribution in [3.05, 3.63) is 59.9 Å². The number of hydrogen-bond donors (Lipinski definition) is 1. The largest absolute Gasteiger partial charge is 0.492 e. The molecule has 31 heavy (non-hydrogen) atoms. The van der Waals surface area contributed by atoms with E-state index in [0.717, 1.165) is 50.3 Å². The lowest BCUT2D eigenvalue weighted by Gasteiger charge is -2.37. The summed E-state index contributed by atoms with van der Waals surface area (Å²) < 4.78 is 11.1. The van der Waals surface area contributed by atoms with Crippen LogP contribution in [0.2, 0.25) is 0 Å². The SMILES string of the molecule is COCCCNC(=O)[C@@H]1C[C@H](COc2ccc(C)nc2)CN(CCc2ccccc2)C1. The Hall–Kier alpha value is -2.44. The monoisotopic (exact) mass is 425 g/mol. The Morgan fingerprint density at radius 2 is 2.03 bits per heavy atom. The molecule has 0 spiro atoms. The topological polar surface area (TPSA) is 63.7 Å². The number of nitrogens with zero attached hydrogens (tertiary/aromatic N) is 2. The van der Waals surface area contributed by atoms with Crippen molar-refractivity contribution in [1.82, 2.24) is 15.2 Å². The van der Waals surface area contributed by atoms with Crippen LogP contribution in [0, 0.1) is 18.8 Å². The zero-order valence-electron chi connectivity index (χ0n) is 18.8. The number of piperidine rings is 1. The van der Waals surface area contributed by atoms with Gasteiger partial charge >= 0.3 is 0 Å². The molecule has 6 nitrogen and oxygen atoms in total. The van der Waals surface area contributed by atoms with Gasteiger partial charge in [0.25, 0.3) is 0 Å². The highest BCUT2D eigenvalue weighted by Crippen LogP contribution is 2.24. The maximum absolute atomic E-state index is 12.8. The summed E-state index contributed by atoms with van der Waals surface area (Å²) in [5.74, 6) is 1.22. The molecule has 3 rings (SSSR count). The summed E-state index contributed by atoms with van der Waals surface area (Å²) in [6, 6.07) is 14.4. The van der Waals surface area contributed by atoms with Gasteiger partial charge in [-0.2, -0.15) is 0 Å². The minimum atomic E-state index is -0.0168. The molecule has 1 fully saturated rings. The molecule has 1 aromatic carbocycles. The van der Waals surface area contributed by atoms with E-state index in [2.05, 4.69) is 39.5 Å². The first-order valence-corrected chi connectivity index (χ1v) is 11.2. The molecule has 1 saturated heterocycles. The first-order valence-electron chi connectivity index (χ1n) is 11.2. The van der Waals surface area contributed by atoms with Gasteiger partial charge < -0.3 is 19.7 Å². The summed E-state index contributed by atoms with van der Waals surface area (Å²) in [6.45, 7) is 6.56. The van der Waals surface area contributed by atoms with Crippen LogP contribution in [0.5, 0.6) is 5.75 Å². The van der Waals surface area contributed by atoms with Gasteiger partial charge in [0.15, 0.2) is 0 Å². The van der Waals surface area contributed by atoms with Gasteiger partial charge in [0.2, 0.25) is 5.91 Å². The summed E-state index contributed by atoms with van der Waals surface area (Å²) in [7, 11) is 1.68. The third-order valence-corrected chi connectivity index (χ3v) is 5.74. The highest BCUT2D eigenvalue weighted by atomic mass is 16.5. The lowest BCUT2D eigenvalue weighted by molar-refractivity contribution is -0.127. The predicted octanol–water partition coefficient (Wildman–Crippen LogP) is 3.10. The van der Waals surface area contributed by atoms with Crippen molar-refractivity contribution < 1.29 is 14.3 Å². The molecule has 1 aliphatic rings. The Kier molecular flexibility index (Phi) is 9.31. The van der Waals surface area contributed by atoms with E-state index in [9.17, 15) is 4.79 Å². The number of likely N-dealkylation sites (tertiary alicyclic amines) is 1. The fraction of sp³-hybridized carbons (Fsp3) is 0.520. The fourth-order valence-corrected chi connectivity index (χ4v) is 4.05. The minimum absolute atomic E-state index is 0.0168. The Bertz CT molecular complexity index is 782. The number of pyridine rings is 1. The van der Waals surface area contributed by atoms with Gasteiger partial charge in [-0.25, -0.2) is 0 Å². The molecule has 1 amide bonds. The van der Waals surface area contributed by atoms with E-state index >= 15 is 0 Å². The molecule has 2 heterocycles. The van der Waals surface area contributed by atoms with Crippen LogP contribution in [0.1, 0.15) is 24.1 Å². The van der Waals surface area contributed by atoms with Crippen LogP contribution in [0.3, 0.4) is 0 Å². The Morgan fingerprint density at radius 1 is 1.19 bits per heavy atom. The zero-order chi connectivity index (χ0) is 21.9. The average molecular weight is 426 g/mol. The number of methoxy groups -OCH3 is 1. The first-order chi connectivity index (χ1) is 15.1. The first kappa shape index (κ1) is 23.2. The summed E-state index contributed by atoms with van der Waals surface area (Å²) >= 11 is 0. The summed E-state index contributed by atoms with van der Waals surface area (Å²) in [6.07, 6.45) is 4.43. The number of benzene rings is 1. The molecule has 1 aromatic heterocycles. The lowest BCUT2D eigenvalue weighted by atomic mass is 9.88. The van der Waals surface area contributed by atoms with Crippen molar-refractivity contribution >= 4 is 5.91 Å². The number of nitrogens with one attached hydrogen (secondary N) is 1. The van der Waals surface area contributed by atoms with Crippen LogP contribution in [-0.4, -0.2) is 62.3 Å². The van der Waals surface area contributed by atoms with Crippen LogP contribution in [0.4, 0.5) is 0 Å². The Labute approximate surface area is 186 Å². The predicted molar refractivity (Wildman–Crippen MR) is 122 cm³/mol. The van der Waals surface area contributed by atoms with Gasteiger partial charge in [-0.15, -0.1) is 0 Å². The second kappa shape index (κ2) is 12.4. The molecular formula is C25H35N3O3. The molecule has 2 aromatic rings. The van der Waals surface area contributed by atoms with Crippen molar-refractivity contribution in [2.24, 2.45) is 11.8 Å². The smallest absolute Gasteiger partial charge is 0.224 e. The number of aryl methyl sites for hydroxylation is 1.